The number of likely N-dealkylation sites (tertiary alicyclic amines) is 1. The van der Waals surface area contributed by atoms with Crippen molar-refractivity contribution < 1.29 is 4.39 Å². The highest BCUT2D eigenvalue weighted by atomic mass is 127. The summed E-state index contributed by atoms with van der Waals surface area (Å²) >= 11 is 6.33. The third kappa shape index (κ3) is 5.20. The number of hydrogen-bond donors (Lipinski definition) is 2. The average molecular weight is 481 g/mol. The maximum Gasteiger partial charge on any atom is 0.191 e. The molecule has 1 aliphatic heterocycles. The average Bonchev–Trinajstić information content (AvgIpc) is 3.02. The van der Waals surface area contributed by atoms with Gasteiger partial charge in [-0.05, 0) is 50.4 Å². The third-order valence-corrected chi connectivity index (χ3v) is 5.36. The fourth-order valence-electron chi connectivity index (χ4n) is 3.38. The molecule has 2 N–H and O–H groups in total. The molecule has 0 aromatic heterocycles. The topological polar surface area (TPSA) is 39.7 Å². The molecule has 140 valence electrons. The van der Waals surface area contributed by atoms with Crippen molar-refractivity contribution in [1.82, 2.24) is 15.5 Å². The molecule has 1 heterocycles. The molecule has 4 nitrogen and oxygen atoms in total. The van der Waals surface area contributed by atoms with Gasteiger partial charge in [-0.15, -0.1) is 24.0 Å². The molecule has 1 saturated heterocycles. The predicted octanol–water partition coefficient (Wildman–Crippen LogP) is 3.81. The van der Waals surface area contributed by atoms with E-state index in [1.807, 2.05) is 0 Å². The van der Waals surface area contributed by atoms with E-state index in [1.165, 1.54) is 12.5 Å². The van der Waals surface area contributed by atoms with E-state index >= 15 is 0 Å². The lowest BCUT2D eigenvalue weighted by atomic mass is 10.0. The van der Waals surface area contributed by atoms with Crippen LogP contribution < -0.4 is 10.6 Å². The minimum absolute atomic E-state index is 0. The number of halogens is 3. The van der Waals surface area contributed by atoms with Crippen molar-refractivity contribution in [2.75, 3.05) is 26.7 Å². The summed E-state index contributed by atoms with van der Waals surface area (Å²) in [6, 6.07) is 5.32. The molecule has 1 aliphatic carbocycles. The van der Waals surface area contributed by atoms with Gasteiger partial charge in [0.25, 0.3) is 0 Å². The van der Waals surface area contributed by atoms with E-state index < -0.39 is 0 Å². The summed E-state index contributed by atoms with van der Waals surface area (Å²) in [5.41, 5.74) is 0.587. The van der Waals surface area contributed by atoms with Crippen LogP contribution in [0.3, 0.4) is 0 Å². The molecule has 1 aromatic rings. The van der Waals surface area contributed by atoms with E-state index in [1.54, 1.807) is 19.2 Å². The van der Waals surface area contributed by atoms with Gasteiger partial charge >= 0.3 is 0 Å². The van der Waals surface area contributed by atoms with Gasteiger partial charge in [-0.3, -0.25) is 9.89 Å². The van der Waals surface area contributed by atoms with E-state index in [4.69, 9.17) is 11.6 Å². The minimum atomic E-state index is -0.236. The fourth-order valence-corrected chi connectivity index (χ4v) is 3.67. The molecule has 0 bridgehead atoms. The zero-order valence-corrected chi connectivity index (χ0v) is 17.9. The Morgan fingerprint density at radius 3 is 2.64 bits per heavy atom. The van der Waals surface area contributed by atoms with E-state index in [0.29, 0.717) is 29.1 Å². The number of aliphatic imine (C=N–C) groups is 1. The SMILES string of the molecule is CN=C(NCC(c1c(F)cccc1Cl)N1CCCC1)NC1CC1C.I. The summed E-state index contributed by atoms with van der Waals surface area (Å²) in [4.78, 5) is 6.60. The largest absolute Gasteiger partial charge is 0.354 e. The minimum Gasteiger partial charge on any atom is -0.354 e. The Hall–Kier alpha value is -0.600. The smallest absolute Gasteiger partial charge is 0.191 e. The fraction of sp³-hybridized carbons (Fsp3) is 0.611. The lowest BCUT2D eigenvalue weighted by Gasteiger charge is -2.29. The van der Waals surface area contributed by atoms with Crippen LogP contribution in [0.4, 0.5) is 4.39 Å². The molecule has 3 atom stereocenters. The van der Waals surface area contributed by atoms with Crippen molar-refractivity contribution in [3.05, 3.63) is 34.6 Å². The Balaban J connectivity index is 0.00000225. The number of rotatable bonds is 5. The third-order valence-electron chi connectivity index (χ3n) is 5.03. The van der Waals surface area contributed by atoms with Gasteiger partial charge in [0.1, 0.15) is 5.82 Å². The number of hydrogen-bond acceptors (Lipinski definition) is 2. The normalized spacial score (nSPS) is 24.6. The molecule has 1 saturated carbocycles. The lowest BCUT2D eigenvalue weighted by Crippen LogP contribution is -2.44. The summed E-state index contributed by atoms with van der Waals surface area (Å²) in [7, 11) is 1.77. The Labute approximate surface area is 171 Å². The molecule has 3 unspecified atom stereocenters. The molecular weight excluding hydrogens is 454 g/mol. The monoisotopic (exact) mass is 480 g/mol. The Morgan fingerprint density at radius 1 is 1.40 bits per heavy atom. The van der Waals surface area contributed by atoms with Gasteiger partial charge < -0.3 is 10.6 Å². The van der Waals surface area contributed by atoms with Gasteiger partial charge in [-0.2, -0.15) is 0 Å². The molecule has 7 heteroatoms. The van der Waals surface area contributed by atoms with Crippen LogP contribution in [0.1, 0.15) is 37.8 Å². The molecule has 25 heavy (non-hydrogen) atoms. The molecule has 0 spiro atoms. The summed E-state index contributed by atoms with van der Waals surface area (Å²) < 4.78 is 14.4. The molecule has 2 fully saturated rings. The Bertz CT molecular complexity index is 586. The number of guanidine groups is 1. The van der Waals surface area contributed by atoms with E-state index in [-0.39, 0.29) is 35.8 Å². The number of nitrogens with one attached hydrogen (secondary N) is 2. The Kier molecular flexibility index (Phi) is 7.76. The second-order valence-electron chi connectivity index (χ2n) is 6.81. The predicted molar refractivity (Wildman–Crippen MR) is 112 cm³/mol. The van der Waals surface area contributed by atoms with Crippen LogP contribution in [0.25, 0.3) is 0 Å². The van der Waals surface area contributed by atoms with Crippen molar-refractivity contribution in [1.29, 1.82) is 0 Å². The van der Waals surface area contributed by atoms with Crippen molar-refractivity contribution in [2.24, 2.45) is 10.9 Å². The van der Waals surface area contributed by atoms with Crippen LogP contribution >= 0.6 is 35.6 Å². The summed E-state index contributed by atoms with van der Waals surface area (Å²) in [6.07, 6.45) is 3.47. The molecular formula is C18H27ClFIN4. The van der Waals surface area contributed by atoms with Gasteiger partial charge in [-0.1, -0.05) is 24.6 Å². The van der Waals surface area contributed by atoms with Crippen molar-refractivity contribution in [3.8, 4) is 0 Å². The molecule has 2 aliphatic rings. The van der Waals surface area contributed by atoms with E-state index in [0.717, 1.165) is 31.9 Å². The summed E-state index contributed by atoms with van der Waals surface area (Å²) in [5, 5.41) is 7.27. The van der Waals surface area contributed by atoms with Gasteiger partial charge in [0.2, 0.25) is 0 Å². The highest BCUT2D eigenvalue weighted by Gasteiger charge is 2.33. The first-order valence-corrected chi connectivity index (χ1v) is 9.13. The van der Waals surface area contributed by atoms with Gasteiger partial charge in [0, 0.05) is 30.2 Å². The van der Waals surface area contributed by atoms with Crippen LogP contribution in [0.15, 0.2) is 23.2 Å². The molecule has 1 aromatic carbocycles. The standard InChI is InChI=1S/C18H26ClFN4.HI/c1-12-10-15(12)23-18(21-2)22-11-16(24-8-3-4-9-24)17-13(19)6-5-7-14(17)20;/h5-7,12,15-16H,3-4,8-11H2,1-2H3,(H2,21,22,23);1H. The second-order valence-corrected chi connectivity index (χ2v) is 7.22. The first-order chi connectivity index (χ1) is 11.6. The zero-order chi connectivity index (χ0) is 17.1. The number of nitrogens with zero attached hydrogens (tertiary/aromatic N) is 2. The maximum atomic E-state index is 14.4. The highest BCUT2D eigenvalue weighted by molar-refractivity contribution is 14.0. The molecule has 0 radical (unpaired) electrons. The first-order valence-electron chi connectivity index (χ1n) is 8.75. The van der Waals surface area contributed by atoms with Crippen LogP contribution in [-0.4, -0.2) is 43.6 Å². The van der Waals surface area contributed by atoms with Gasteiger partial charge in [0.15, 0.2) is 5.96 Å². The van der Waals surface area contributed by atoms with E-state index in [9.17, 15) is 4.39 Å². The summed E-state index contributed by atoms with van der Waals surface area (Å²) in [5.74, 6) is 1.24. The highest BCUT2D eigenvalue weighted by Crippen LogP contribution is 2.32. The first kappa shape index (κ1) is 20.7. The number of benzene rings is 1. The summed E-state index contributed by atoms with van der Waals surface area (Å²) in [6.45, 7) is 4.75. The molecule has 3 rings (SSSR count). The van der Waals surface area contributed by atoms with Crippen LogP contribution in [0, 0.1) is 11.7 Å². The molecule has 0 amide bonds. The Morgan fingerprint density at radius 2 is 2.08 bits per heavy atom. The van der Waals surface area contributed by atoms with Crippen LogP contribution in [0.5, 0.6) is 0 Å². The van der Waals surface area contributed by atoms with Crippen LogP contribution in [-0.2, 0) is 0 Å². The lowest BCUT2D eigenvalue weighted by molar-refractivity contribution is 0.240. The quantitative estimate of drug-likeness (QED) is 0.382. The van der Waals surface area contributed by atoms with Gasteiger partial charge in [0.05, 0.1) is 6.04 Å². The van der Waals surface area contributed by atoms with Crippen molar-refractivity contribution in [3.63, 3.8) is 0 Å². The van der Waals surface area contributed by atoms with E-state index in [2.05, 4.69) is 27.4 Å². The van der Waals surface area contributed by atoms with Crippen molar-refractivity contribution in [2.45, 2.75) is 38.3 Å². The van der Waals surface area contributed by atoms with Crippen LogP contribution in [0.2, 0.25) is 5.02 Å². The zero-order valence-electron chi connectivity index (χ0n) is 14.8. The van der Waals surface area contributed by atoms with Gasteiger partial charge in [-0.25, -0.2) is 4.39 Å². The maximum absolute atomic E-state index is 14.4. The van der Waals surface area contributed by atoms with Crippen molar-refractivity contribution >= 4 is 41.5 Å². The second kappa shape index (κ2) is 9.37.